The average molecular weight is 385 g/mol. The van der Waals surface area contributed by atoms with Gasteiger partial charge in [0.05, 0.1) is 17.6 Å². The molecule has 0 atom stereocenters. The van der Waals surface area contributed by atoms with Gasteiger partial charge in [0.15, 0.2) is 0 Å². The van der Waals surface area contributed by atoms with Crippen molar-refractivity contribution in [2.45, 2.75) is 39.2 Å². The molecule has 2 heterocycles. The number of primary amides is 1. The minimum atomic E-state index is -0.569. The van der Waals surface area contributed by atoms with Crippen molar-refractivity contribution in [3.8, 4) is 0 Å². The van der Waals surface area contributed by atoms with Crippen molar-refractivity contribution in [2.24, 2.45) is 5.73 Å². The molecule has 0 unspecified atom stereocenters. The summed E-state index contributed by atoms with van der Waals surface area (Å²) >= 11 is 1.72. The molecule has 0 bridgehead atoms. The van der Waals surface area contributed by atoms with Crippen LogP contribution in [0.5, 0.6) is 0 Å². The molecule has 0 aliphatic heterocycles. The van der Waals surface area contributed by atoms with Crippen LogP contribution in [0.3, 0.4) is 0 Å². The second kappa shape index (κ2) is 8.35. The minimum absolute atomic E-state index is 0.178. The number of carbonyl (C=O) groups is 2. The molecule has 2 aromatic heterocycles. The van der Waals surface area contributed by atoms with Gasteiger partial charge < -0.3 is 15.6 Å². The number of nitrogens with two attached hydrogens (primary N) is 1. The third-order valence-corrected chi connectivity index (χ3v) is 5.54. The Kier molecular flexibility index (Phi) is 5.91. The molecule has 0 fully saturated rings. The van der Waals surface area contributed by atoms with Gasteiger partial charge in [0, 0.05) is 22.9 Å². The summed E-state index contributed by atoms with van der Waals surface area (Å²) in [6.45, 7) is 4.18. The van der Waals surface area contributed by atoms with Crippen LogP contribution in [-0.4, -0.2) is 27.9 Å². The molecule has 0 aliphatic carbocycles. The summed E-state index contributed by atoms with van der Waals surface area (Å²) in [5.74, 6) is 0.115. The van der Waals surface area contributed by atoms with Gasteiger partial charge in [-0.25, -0.2) is 4.98 Å². The monoisotopic (exact) mass is 384 g/mol. The van der Waals surface area contributed by atoms with Gasteiger partial charge in [-0.2, -0.15) is 0 Å². The topological polar surface area (TPSA) is 90.0 Å². The Hall–Kier alpha value is -2.67. The Morgan fingerprint density at radius 2 is 2.04 bits per heavy atom. The summed E-state index contributed by atoms with van der Waals surface area (Å²) in [5.41, 5.74) is 7.39. The van der Waals surface area contributed by atoms with Crippen molar-refractivity contribution in [2.75, 3.05) is 6.54 Å². The van der Waals surface area contributed by atoms with Crippen LogP contribution in [-0.2, 0) is 11.2 Å². The number of fused-ring (bicyclic) bond motifs is 1. The summed E-state index contributed by atoms with van der Waals surface area (Å²) in [4.78, 5) is 29.2. The molecule has 0 aliphatic rings. The van der Waals surface area contributed by atoms with Gasteiger partial charge in [-0.1, -0.05) is 19.9 Å². The normalized spacial score (nSPS) is 11.2. The van der Waals surface area contributed by atoms with Gasteiger partial charge in [-0.05, 0) is 42.5 Å². The van der Waals surface area contributed by atoms with Gasteiger partial charge in [-0.15, -0.1) is 11.3 Å². The smallest absolute Gasteiger partial charge is 0.251 e. The Balaban J connectivity index is 2.01. The fourth-order valence-electron chi connectivity index (χ4n) is 3.31. The highest BCUT2D eigenvalue weighted by Gasteiger charge is 2.19. The van der Waals surface area contributed by atoms with E-state index in [0.29, 0.717) is 11.6 Å². The third kappa shape index (κ3) is 4.19. The van der Waals surface area contributed by atoms with Crippen molar-refractivity contribution in [3.63, 3.8) is 0 Å². The lowest BCUT2D eigenvalue weighted by molar-refractivity contribution is -0.117. The first kappa shape index (κ1) is 19.1. The number of nitrogens with one attached hydrogen (secondary N) is 1. The number of hydrogen-bond donors (Lipinski definition) is 2. The molecular weight excluding hydrogens is 360 g/mol. The molecular formula is C20H24N4O2S. The standard InChI is InChI=1S/C20H24N4O2S/c1-3-14(4-2)24-17-8-7-13(20(26)22-12-18(21)25)10-16(17)23-19(24)11-15-6-5-9-27-15/h5-10,14H,3-4,11-12H2,1-2H3,(H2,21,25)(H,22,26). The summed E-state index contributed by atoms with van der Waals surface area (Å²) in [6.07, 6.45) is 2.80. The number of imidazole rings is 1. The van der Waals surface area contributed by atoms with E-state index in [9.17, 15) is 9.59 Å². The predicted octanol–water partition coefficient (Wildman–Crippen LogP) is 3.26. The molecule has 3 aromatic rings. The zero-order valence-electron chi connectivity index (χ0n) is 15.6. The van der Waals surface area contributed by atoms with Crippen LogP contribution in [0.1, 0.15) is 53.8 Å². The molecule has 142 valence electrons. The summed E-state index contributed by atoms with van der Waals surface area (Å²) < 4.78 is 2.31. The number of benzene rings is 1. The highest BCUT2D eigenvalue weighted by atomic mass is 32.1. The van der Waals surface area contributed by atoms with Crippen molar-refractivity contribution in [3.05, 3.63) is 52.0 Å². The van der Waals surface area contributed by atoms with Gasteiger partial charge in [0.1, 0.15) is 5.82 Å². The molecule has 27 heavy (non-hydrogen) atoms. The molecule has 3 N–H and O–H groups in total. The quantitative estimate of drug-likeness (QED) is 0.624. The Bertz CT molecular complexity index is 942. The first-order valence-corrected chi connectivity index (χ1v) is 10.0. The van der Waals surface area contributed by atoms with Crippen LogP contribution in [0.2, 0.25) is 0 Å². The van der Waals surface area contributed by atoms with Crippen LogP contribution < -0.4 is 11.1 Å². The van der Waals surface area contributed by atoms with E-state index in [-0.39, 0.29) is 12.5 Å². The predicted molar refractivity (Wildman–Crippen MR) is 108 cm³/mol. The molecule has 3 rings (SSSR count). The van der Waals surface area contributed by atoms with Crippen molar-refractivity contribution in [1.29, 1.82) is 0 Å². The molecule has 7 heteroatoms. The first-order valence-electron chi connectivity index (χ1n) is 9.13. The number of aromatic nitrogens is 2. The third-order valence-electron chi connectivity index (χ3n) is 4.67. The van der Waals surface area contributed by atoms with Crippen LogP contribution in [0.25, 0.3) is 11.0 Å². The van der Waals surface area contributed by atoms with E-state index >= 15 is 0 Å². The molecule has 6 nitrogen and oxygen atoms in total. The number of hydrogen-bond acceptors (Lipinski definition) is 4. The van der Waals surface area contributed by atoms with Crippen molar-refractivity contribution < 1.29 is 9.59 Å². The first-order chi connectivity index (χ1) is 13.0. The molecule has 2 amide bonds. The number of nitrogens with zero attached hydrogens (tertiary/aromatic N) is 2. The van der Waals surface area contributed by atoms with Gasteiger partial charge in [-0.3, -0.25) is 9.59 Å². The van der Waals surface area contributed by atoms with Crippen LogP contribution in [0.4, 0.5) is 0 Å². The Labute approximate surface area is 162 Å². The number of carbonyl (C=O) groups excluding carboxylic acids is 2. The molecule has 0 saturated carbocycles. The Morgan fingerprint density at radius 1 is 1.26 bits per heavy atom. The van der Waals surface area contributed by atoms with E-state index < -0.39 is 5.91 Å². The summed E-state index contributed by atoms with van der Waals surface area (Å²) in [5, 5.41) is 4.59. The van der Waals surface area contributed by atoms with E-state index in [1.807, 2.05) is 12.1 Å². The van der Waals surface area contributed by atoms with E-state index in [2.05, 4.69) is 35.2 Å². The van der Waals surface area contributed by atoms with E-state index in [1.54, 1.807) is 23.5 Å². The number of thiophene rings is 1. The van der Waals surface area contributed by atoms with E-state index in [4.69, 9.17) is 10.7 Å². The maximum atomic E-state index is 12.2. The highest BCUT2D eigenvalue weighted by molar-refractivity contribution is 7.09. The zero-order chi connectivity index (χ0) is 19.4. The van der Waals surface area contributed by atoms with Gasteiger partial charge in [0.25, 0.3) is 5.91 Å². The van der Waals surface area contributed by atoms with E-state index in [0.717, 1.165) is 36.1 Å². The fraction of sp³-hybridized carbons (Fsp3) is 0.350. The maximum Gasteiger partial charge on any atom is 0.251 e. The lowest BCUT2D eigenvalue weighted by Crippen LogP contribution is -2.33. The van der Waals surface area contributed by atoms with Crippen LogP contribution in [0.15, 0.2) is 35.7 Å². The molecule has 0 radical (unpaired) electrons. The Morgan fingerprint density at radius 3 is 2.67 bits per heavy atom. The van der Waals surface area contributed by atoms with Crippen LogP contribution in [0, 0.1) is 0 Å². The molecule has 0 saturated heterocycles. The zero-order valence-corrected chi connectivity index (χ0v) is 16.4. The van der Waals surface area contributed by atoms with Gasteiger partial charge >= 0.3 is 0 Å². The second-order valence-electron chi connectivity index (χ2n) is 6.48. The highest BCUT2D eigenvalue weighted by Crippen LogP contribution is 2.28. The maximum absolute atomic E-state index is 12.2. The lowest BCUT2D eigenvalue weighted by atomic mass is 10.1. The minimum Gasteiger partial charge on any atom is -0.368 e. The lowest BCUT2D eigenvalue weighted by Gasteiger charge is -2.18. The summed E-state index contributed by atoms with van der Waals surface area (Å²) in [6, 6.07) is 10.0. The molecule has 1 aromatic carbocycles. The molecule has 0 spiro atoms. The van der Waals surface area contributed by atoms with Crippen LogP contribution >= 0.6 is 11.3 Å². The number of rotatable bonds is 8. The number of amides is 2. The largest absolute Gasteiger partial charge is 0.368 e. The van der Waals surface area contributed by atoms with E-state index in [1.165, 1.54) is 4.88 Å². The van der Waals surface area contributed by atoms with Crippen molar-refractivity contribution >= 4 is 34.2 Å². The average Bonchev–Trinajstić information content (AvgIpc) is 3.29. The van der Waals surface area contributed by atoms with Crippen molar-refractivity contribution in [1.82, 2.24) is 14.9 Å². The van der Waals surface area contributed by atoms with Gasteiger partial charge in [0.2, 0.25) is 5.91 Å². The second-order valence-corrected chi connectivity index (χ2v) is 7.51. The SMILES string of the molecule is CCC(CC)n1c(Cc2cccs2)nc2cc(C(=O)NCC(N)=O)ccc21. The fourth-order valence-corrected chi connectivity index (χ4v) is 4.02. The summed E-state index contributed by atoms with van der Waals surface area (Å²) in [7, 11) is 0.